The molecule has 0 saturated heterocycles. The van der Waals surface area contributed by atoms with Crippen LogP contribution in [0.15, 0.2) is 12.7 Å². The number of hydrogen-bond donors (Lipinski definition) is 0. The Hall–Kier alpha value is -0.573. The summed E-state index contributed by atoms with van der Waals surface area (Å²) < 4.78 is 4.71. The van der Waals surface area contributed by atoms with E-state index in [1.54, 1.807) is 6.08 Å². The maximum atomic E-state index is 10.4. The first-order valence-electron chi connectivity index (χ1n) is 2.57. The van der Waals surface area contributed by atoms with Crippen molar-refractivity contribution in [2.75, 3.05) is 0 Å². The van der Waals surface area contributed by atoms with Gasteiger partial charge in [0.15, 0.2) is 0 Å². The molecular weight excluding hydrogens is 120 g/mol. The molecule has 0 amide bonds. The van der Waals surface area contributed by atoms with Gasteiger partial charge in [0.05, 0.1) is 6.42 Å². The molecule has 0 spiro atoms. The van der Waals surface area contributed by atoms with Crippen molar-refractivity contribution in [3.05, 3.63) is 12.7 Å². The van der Waals surface area contributed by atoms with Crippen LogP contribution in [0.3, 0.4) is 0 Å². The van der Waals surface area contributed by atoms with Crippen molar-refractivity contribution < 1.29 is 9.22 Å². The fourth-order valence-electron chi connectivity index (χ4n) is 0.338. The molecule has 0 atom stereocenters. The normalized spacial score (nSPS) is 9.62. The van der Waals surface area contributed by atoms with Crippen molar-refractivity contribution in [3.8, 4) is 0 Å². The summed E-state index contributed by atoms with van der Waals surface area (Å²) in [6.45, 7) is 5.32. The first kappa shape index (κ1) is 7.43. The van der Waals surface area contributed by atoms with E-state index in [4.69, 9.17) is 4.43 Å². The Morgan fingerprint density at radius 1 is 2.00 bits per heavy atom. The molecule has 0 N–H and O–H groups in total. The van der Waals surface area contributed by atoms with Crippen molar-refractivity contribution >= 4 is 15.7 Å². The molecule has 0 rings (SSSR count). The average molecular weight is 130 g/mol. The van der Waals surface area contributed by atoms with Gasteiger partial charge in [0, 0.05) is 0 Å². The van der Waals surface area contributed by atoms with Gasteiger partial charge >= 0.3 is 0 Å². The highest BCUT2D eigenvalue weighted by Crippen LogP contribution is 1.83. The van der Waals surface area contributed by atoms with E-state index in [9.17, 15) is 4.79 Å². The van der Waals surface area contributed by atoms with Crippen LogP contribution < -0.4 is 0 Å². The molecule has 0 aliphatic heterocycles. The van der Waals surface area contributed by atoms with E-state index in [0.29, 0.717) is 6.42 Å². The summed E-state index contributed by atoms with van der Waals surface area (Å²) in [6.07, 6.45) is 1.90. The third-order valence-corrected chi connectivity index (χ3v) is 1.23. The molecule has 46 valence electrons. The summed E-state index contributed by atoms with van der Waals surface area (Å²) in [5, 5.41) is 0. The minimum absolute atomic E-state index is 0.144. The maximum Gasteiger partial charge on any atom is 0.295 e. The van der Waals surface area contributed by atoms with Crippen molar-refractivity contribution in [2.24, 2.45) is 0 Å². The number of carbonyl (C=O) groups excluding carboxylic acids is 1. The van der Waals surface area contributed by atoms with Crippen LogP contribution >= 0.6 is 0 Å². The average Bonchev–Trinajstić information content (AvgIpc) is 1.68. The molecule has 0 bridgehead atoms. The van der Waals surface area contributed by atoms with E-state index < -0.39 is 9.76 Å². The number of carbonyl (C=O) groups is 1. The second-order valence-corrected chi connectivity index (χ2v) is 2.16. The molecule has 0 aliphatic rings. The summed E-state index contributed by atoms with van der Waals surface area (Å²) in [6, 6.07) is 0. The Bertz CT molecular complexity index is 90.4. The molecule has 3 heteroatoms. The van der Waals surface area contributed by atoms with Gasteiger partial charge in [-0.15, -0.1) is 6.58 Å². The smallest absolute Gasteiger partial charge is 0.295 e. The molecule has 0 aromatic carbocycles. The van der Waals surface area contributed by atoms with Crippen LogP contribution in [0.25, 0.3) is 0 Å². The van der Waals surface area contributed by atoms with Gasteiger partial charge in [-0.3, -0.25) is 4.79 Å². The Morgan fingerprint density at radius 3 is 3.00 bits per heavy atom. The maximum absolute atomic E-state index is 10.4. The van der Waals surface area contributed by atoms with Crippen molar-refractivity contribution in [2.45, 2.75) is 13.0 Å². The van der Waals surface area contributed by atoms with Crippen LogP contribution in [0, 0.1) is 0 Å². The molecule has 0 radical (unpaired) electrons. The van der Waals surface area contributed by atoms with E-state index in [2.05, 4.69) is 6.58 Å². The van der Waals surface area contributed by atoms with Gasteiger partial charge < -0.3 is 4.43 Å². The zero-order chi connectivity index (χ0) is 6.41. The lowest BCUT2D eigenvalue weighted by Crippen LogP contribution is -2.03. The SMILES string of the molecule is C=CCC(=O)O[SiH2]C. The van der Waals surface area contributed by atoms with Crippen molar-refractivity contribution in [1.82, 2.24) is 0 Å². The quantitative estimate of drug-likeness (QED) is 0.404. The van der Waals surface area contributed by atoms with Crippen LogP contribution in [0.4, 0.5) is 0 Å². The summed E-state index contributed by atoms with van der Waals surface area (Å²) in [7, 11) is -0.551. The third-order valence-electron chi connectivity index (χ3n) is 0.616. The lowest BCUT2D eigenvalue weighted by atomic mass is 10.4. The first-order valence-corrected chi connectivity index (χ1v) is 4.57. The molecule has 0 aliphatic carbocycles. The Balaban J connectivity index is 3.18. The highest BCUT2D eigenvalue weighted by Gasteiger charge is 1.93. The van der Waals surface area contributed by atoms with E-state index in [0.717, 1.165) is 0 Å². The van der Waals surface area contributed by atoms with Crippen LogP contribution in [-0.2, 0) is 9.22 Å². The minimum atomic E-state index is -0.551. The molecule has 0 saturated carbocycles. The molecule has 2 nitrogen and oxygen atoms in total. The van der Waals surface area contributed by atoms with Gasteiger partial charge in [-0.05, 0) is 6.55 Å². The molecular formula is C5H10O2Si. The Labute approximate surface area is 51.5 Å². The number of hydrogen-bond acceptors (Lipinski definition) is 2. The highest BCUT2D eigenvalue weighted by molar-refractivity contribution is 6.28. The molecule has 0 heterocycles. The van der Waals surface area contributed by atoms with E-state index in [-0.39, 0.29) is 5.97 Å². The molecule has 0 unspecified atom stereocenters. The van der Waals surface area contributed by atoms with Gasteiger partial charge in [-0.2, -0.15) is 0 Å². The molecule has 0 aromatic rings. The van der Waals surface area contributed by atoms with Gasteiger partial charge in [-0.1, -0.05) is 6.08 Å². The fraction of sp³-hybridized carbons (Fsp3) is 0.400. The monoisotopic (exact) mass is 130 g/mol. The Morgan fingerprint density at radius 2 is 2.62 bits per heavy atom. The van der Waals surface area contributed by atoms with Crippen LogP contribution in [0.2, 0.25) is 6.55 Å². The summed E-state index contributed by atoms with van der Waals surface area (Å²) in [4.78, 5) is 10.4. The summed E-state index contributed by atoms with van der Waals surface area (Å²) >= 11 is 0. The van der Waals surface area contributed by atoms with Crippen LogP contribution in [-0.4, -0.2) is 15.7 Å². The zero-order valence-corrected chi connectivity index (χ0v) is 6.43. The Kier molecular flexibility index (Phi) is 4.25. The molecule has 0 aromatic heterocycles. The van der Waals surface area contributed by atoms with Crippen LogP contribution in [0.5, 0.6) is 0 Å². The topological polar surface area (TPSA) is 26.3 Å². The van der Waals surface area contributed by atoms with Gasteiger partial charge in [0.1, 0.15) is 0 Å². The predicted molar refractivity (Wildman–Crippen MR) is 35.3 cm³/mol. The molecule has 0 fully saturated rings. The lowest BCUT2D eigenvalue weighted by molar-refractivity contribution is -0.133. The van der Waals surface area contributed by atoms with Gasteiger partial charge in [-0.25, -0.2) is 0 Å². The lowest BCUT2D eigenvalue weighted by Gasteiger charge is -1.95. The fourth-order valence-corrected chi connectivity index (χ4v) is 0.778. The largest absolute Gasteiger partial charge is 0.525 e. The van der Waals surface area contributed by atoms with Gasteiger partial charge in [0.2, 0.25) is 9.76 Å². The van der Waals surface area contributed by atoms with Crippen LogP contribution in [0.1, 0.15) is 6.42 Å². The second kappa shape index (κ2) is 4.58. The van der Waals surface area contributed by atoms with Crippen molar-refractivity contribution in [1.29, 1.82) is 0 Å². The number of rotatable bonds is 3. The second-order valence-electron chi connectivity index (χ2n) is 1.30. The van der Waals surface area contributed by atoms with E-state index in [1.807, 2.05) is 6.55 Å². The summed E-state index contributed by atoms with van der Waals surface area (Å²) in [5.41, 5.74) is 0. The molecule has 8 heavy (non-hydrogen) atoms. The standard InChI is InChI=1S/C5H10O2Si/c1-3-4-5(6)7-8-2/h3H,1,4,8H2,2H3. The summed E-state index contributed by atoms with van der Waals surface area (Å²) in [5.74, 6) is -0.144. The van der Waals surface area contributed by atoms with E-state index in [1.165, 1.54) is 0 Å². The zero-order valence-electron chi connectivity index (χ0n) is 5.02. The minimum Gasteiger partial charge on any atom is -0.525 e. The van der Waals surface area contributed by atoms with E-state index >= 15 is 0 Å². The first-order chi connectivity index (χ1) is 3.81. The predicted octanol–water partition coefficient (Wildman–Crippen LogP) is 0.238. The highest BCUT2D eigenvalue weighted by atomic mass is 28.2. The van der Waals surface area contributed by atoms with Crippen molar-refractivity contribution in [3.63, 3.8) is 0 Å². The third kappa shape index (κ3) is 3.61. The van der Waals surface area contributed by atoms with Gasteiger partial charge in [0.25, 0.3) is 5.97 Å².